The molecule has 3 N–H and O–H groups in total. The minimum atomic E-state index is -0.938. The molecule has 104 valence electrons. The second kappa shape index (κ2) is 6.65. The van der Waals surface area contributed by atoms with Crippen molar-refractivity contribution in [2.24, 2.45) is 0 Å². The summed E-state index contributed by atoms with van der Waals surface area (Å²) in [5, 5.41) is 16.6. The molecule has 0 bridgehead atoms. The van der Waals surface area contributed by atoms with Crippen molar-refractivity contribution in [3.8, 4) is 0 Å². The Balaban J connectivity index is 1.99. The van der Waals surface area contributed by atoms with E-state index in [0.29, 0.717) is 19.8 Å². The predicted molar refractivity (Wildman–Crippen MR) is 70.1 cm³/mol. The molecule has 0 aromatic carbocycles. The van der Waals surface area contributed by atoms with E-state index < -0.39 is 18.1 Å². The maximum Gasteiger partial charge on any atom is 0.305 e. The average Bonchev–Trinajstić information content (AvgIpc) is 2.92. The van der Waals surface area contributed by atoms with Gasteiger partial charge in [-0.05, 0) is 11.4 Å². The van der Waals surface area contributed by atoms with Crippen LogP contribution in [0.3, 0.4) is 0 Å². The molecule has 2 heterocycles. The molecule has 19 heavy (non-hydrogen) atoms. The zero-order valence-corrected chi connectivity index (χ0v) is 11.1. The molecule has 2 rings (SSSR count). The molecule has 0 spiro atoms. The maximum atomic E-state index is 12.0. The number of aliphatic carboxylic acids is 1. The van der Waals surface area contributed by atoms with Gasteiger partial charge in [0, 0.05) is 11.4 Å². The van der Waals surface area contributed by atoms with Crippen molar-refractivity contribution in [2.45, 2.75) is 18.5 Å². The van der Waals surface area contributed by atoms with Crippen LogP contribution < -0.4 is 10.6 Å². The third kappa shape index (κ3) is 4.02. The van der Waals surface area contributed by atoms with Crippen molar-refractivity contribution in [2.75, 3.05) is 19.8 Å². The van der Waals surface area contributed by atoms with E-state index in [1.807, 2.05) is 17.5 Å². The molecule has 1 aromatic heterocycles. The minimum Gasteiger partial charge on any atom is -0.481 e. The number of ether oxygens (including phenoxy) is 1. The Bertz CT molecular complexity index is 429. The van der Waals surface area contributed by atoms with Crippen LogP contribution in [0, 0.1) is 0 Å². The lowest BCUT2D eigenvalue weighted by Gasteiger charge is -2.25. The third-order valence-electron chi connectivity index (χ3n) is 2.82. The van der Waals surface area contributed by atoms with Crippen molar-refractivity contribution in [1.82, 2.24) is 10.6 Å². The summed E-state index contributed by atoms with van der Waals surface area (Å²) in [7, 11) is 0. The standard InChI is InChI=1S/C12H16N2O4S/c15-11(16)6-8(10-2-1-5-19-10)14-12(17)9-7-18-4-3-13-9/h1-2,5,8-9,13H,3-4,6-7H2,(H,14,17)(H,15,16). The highest BCUT2D eigenvalue weighted by atomic mass is 32.1. The number of carboxylic acids is 1. The van der Waals surface area contributed by atoms with E-state index in [-0.39, 0.29) is 12.3 Å². The molecule has 0 saturated carbocycles. The summed E-state index contributed by atoms with van der Waals surface area (Å²) in [6.45, 7) is 1.53. The summed E-state index contributed by atoms with van der Waals surface area (Å²) in [6.07, 6.45) is -0.125. The highest BCUT2D eigenvalue weighted by molar-refractivity contribution is 7.10. The van der Waals surface area contributed by atoms with Crippen LogP contribution in [-0.4, -0.2) is 42.8 Å². The zero-order chi connectivity index (χ0) is 13.7. The number of thiophene rings is 1. The molecular weight excluding hydrogens is 268 g/mol. The van der Waals surface area contributed by atoms with E-state index in [1.54, 1.807) is 0 Å². The molecule has 2 atom stereocenters. The molecule has 1 fully saturated rings. The fourth-order valence-corrected chi connectivity index (χ4v) is 2.67. The Labute approximate surface area is 114 Å². The maximum absolute atomic E-state index is 12.0. The Morgan fingerprint density at radius 1 is 1.63 bits per heavy atom. The molecule has 1 saturated heterocycles. The summed E-state index contributed by atoms with van der Waals surface area (Å²) < 4.78 is 5.22. The van der Waals surface area contributed by atoms with Crippen LogP contribution in [0.15, 0.2) is 17.5 Å². The Hall–Kier alpha value is -1.44. The molecule has 2 unspecified atom stereocenters. The van der Waals surface area contributed by atoms with Crippen molar-refractivity contribution >= 4 is 23.2 Å². The van der Waals surface area contributed by atoms with Crippen LogP contribution >= 0.6 is 11.3 Å². The van der Waals surface area contributed by atoms with Gasteiger partial charge in [0.2, 0.25) is 5.91 Å². The number of carbonyl (C=O) groups is 2. The van der Waals surface area contributed by atoms with Crippen LogP contribution in [0.1, 0.15) is 17.3 Å². The van der Waals surface area contributed by atoms with E-state index in [0.717, 1.165) is 4.88 Å². The van der Waals surface area contributed by atoms with E-state index in [1.165, 1.54) is 11.3 Å². The largest absolute Gasteiger partial charge is 0.481 e. The van der Waals surface area contributed by atoms with E-state index in [2.05, 4.69) is 10.6 Å². The lowest BCUT2D eigenvalue weighted by molar-refractivity contribution is -0.138. The smallest absolute Gasteiger partial charge is 0.305 e. The predicted octanol–water partition coefficient (Wildman–Crippen LogP) is 0.369. The fourth-order valence-electron chi connectivity index (χ4n) is 1.89. The average molecular weight is 284 g/mol. The number of carboxylic acid groups (broad SMARTS) is 1. The number of rotatable bonds is 5. The van der Waals surface area contributed by atoms with Crippen LogP contribution in [0.5, 0.6) is 0 Å². The lowest BCUT2D eigenvalue weighted by atomic mass is 10.1. The van der Waals surface area contributed by atoms with Crippen LogP contribution in [0.25, 0.3) is 0 Å². The highest BCUT2D eigenvalue weighted by Crippen LogP contribution is 2.22. The molecule has 0 aliphatic carbocycles. The number of carbonyl (C=O) groups excluding carboxylic acids is 1. The molecule has 6 nitrogen and oxygen atoms in total. The van der Waals surface area contributed by atoms with Crippen molar-refractivity contribution in [3.05, 3.63) is 22.4 Å². The fraction of sp³-hybridized carbons (Fsp3) is 0.500. The van der Waals surface area contributed by atoms with Gasteiger partial charge in [-0.3, -0.25) is 9.59 Å². The van der Waals surface area contributed by atoms with Crippen LogP contribution in [0.4, 0.5) is 0 Å². The number of nitrogens with one attached hydrogen (secondary N) is 2. The Morgan fingerprint density at radius 3 is 3.05 bits per heavy atom. The first-order valence-corrected chi connectivity index (χ1v) is 6.91. The van der Waals surface area contributed by atoms with Gasteiger partial charge in [0.05, 0.1) is 25.7 Å². The summed E-state index contributed by atoms with van der Waals surface area (Å²) in [4.78, 5) is 23.8. The van der Waals surface area contributed by atoms with Gasteiger partial charge in [0.15, 0.2) is 0 Å². The zero-order valence-electron chi connectivity index (χ0n) is 10.3. The van der Waals surface area contributed by atoms with Gasteiger partial charge in [-0.2, -0.15) is 0 Å². The first-order chi connectivity index (χ1) is 9.16. The van der Waals surface area contributed by atoms with Gasteiger partial charge in [-0.15, -0.1) is 11.3 Å². The second-order valence-corrected chi connectivity index (χ2v) is 5.24. The molecular formula is C12H16N2O4S. The molecule has 7 heteroatoms. The first kappa shape index (κ1) is 14.0. The van der Waals surface area contributed by atoms with Crippen LogP contribution in [-0.2, 0) is 14.3 Å². The van der Waals surface area contributed by atoms with E-state index in [9.17, 15) is 9.59 Å². The number of morpholine rings is 1. The Kier molecular flexibility index (Phi) is 4.89. The number of hydrogen-bond acceptors (Lipinski definition) is 5. The second-order valence-electron chi connectivity index (χ2n) is 4.26. The van der Waals surface area contributed by atoms with Crippen LogP contribution in [0.2, 0.25) is 0 Å². The van der Waals surface area contributed by atoms with Gasteiger partial charge in [0.1, 0.15) is 6.04 Å². The summed E-state index contributed by atoms with van der Waals surface area (Å²) in [5.74, 6) is -1.16. The summed E-state index contributed by atoms with van der Waals surface area (Å²) >= 11 is 1.43. The minimum absolute atomic E-state index is 0.125. The van der Waals surface area contributed by atoms with Gasteiger partial charge in [-0.1, -0.05) is 6.07 Å². The van der Waals surface area contributed by atoms with Crippen molar-refractivity contribution < 1.29 is 19.4 Å². The Morgan fingerprint density at radius 2 is 2.47 bits per heavy atom. The third-order valence-corrected chi connectivity index (χ3v) is 3.81. The SMILES string of the molecule is O=C(O)CC(NC(=O)C1COCCN1)c1cccs1. The van der Waals surface area contributed by atoms with E-state index in [4.69, 9.17) is 9.84 Å². The summed E-state index contributed by atoms with van der Waals surface area (Å²) in [5.41, 5.74) is 0. The molecule has 1 aliphatic heterocycles. The van der Waals surface area contributed by atoms with E-state index >= 15 is 0 Å². The topological polar surface area (TPSA) is 87.7 Å². The van der Waals surface area contributed by atoms with Gasteiger partial charge < -0.3 is 20.5 Å². The normalized spacial score (nSPS) is 20.7. The summed E-state index contributed by atoms with van der Waals surface area (Å²) in [6, 6.07) is 2.76. The molecule has 1 amide bonds. The quantitative estimate of drug-likeness (QED) is 0.727. The van der Waals surface area contributed by atoms with Gasteiger partial charge in [-0.25, -0.2) is 0 Å². The molecule has 1 aromatic rings. The van der Waals surface area contributed by atoms with Gasteiger partial charge >= 0.3 is 5.97 Å². The number of amides is 1. The first-order valence-electron chi connectivity index (χ1n) is 6.03. The molecule has 1 aliphatic rings. The lowest BCUT2D eigenvalue weighted by Crippen LogP contribution is -2.51. The monoisotopic (exact) mass is 284 g/mol. The van der Waals surface area contributed by atoms with Gasteiger partial charge in [0.25, 0.3) is 0 Å². The van der Waals surface area contributed by atoms with Crippen molar-refractivity contribution in [1.29, 1.82) is 0 Å². The molecule has 0 radical (unpaired) electrons. The van der Waals surface area contributed by atoms with Crippen molar-refractivity contribution in [3.63, 3.8) is 0 Å². The number of hydrogen-bond donors (Lipinski definition) is 3. The highest BCUT2D eigenvalue weighted by Gasteiger charge is 2.25.